The third-order valence-corrected chi connectivity index (χ3v) is 5.23. The normalized spacial score (nSPS) is 24.6. The second-order valence-electron chi connectivity index (χ2n) is 6.00. The van der Waals surface area contributed by atoms with E-state index in [-0.39, 0.29) is 17.6 Å². The zero-order chi connectivity index (χ0) is 15.0. The lowest BCUT2D eigenvalue weighted by Gasteiger charge is -2.24. The Morgan fingerprint density at radius 1 is 1.33 bits per heavy atom. The van der Waals surface area contributed by atoms with Crippen molar-refractivity contribution in [2.24, 2.45) is 0 Å². The van der Waals surface area contributed by atoms with Crippen LogP contribution in [-0.4, -0.2) is 39.1 Å². The van der Waals surface area contributed by atoms with Crippen molar-refractivity contribution in [3.63, 3.8) is 0 Å². The maximum Gasteiger partial charge on any atom is 0.244 e. The van der Waals surface area contributed by atoms with Gasteiger partial charge in [-0.2, -0.15) is 0 Å². The number of nitrogens with zero attached hydrogens (tertiary/aromatic N) is 1. The molecule has 21 heavy (non-hydrogen) atoms. The van der Waals surface area contributed by atoms with Crippen molar-refractivity contribution in [3.05, 3.63) is 35.4 Å². The van der Waals surface area contributed by atoms with Gasteiger partial charge in [0, 0.05) is 29.4 Å². The van der Waals surface area contributed by atoms with E-state index in [0.717, 1.165) is 24.8 Å². The minimum absolute atomic E-state index is 0.0746. The van der Waals surface area contributed by atoms with Crippen LogP contribution >= 0.6 is 0 Å². The van der Waals surface area contributed by atoms with Gasteiger partial charge in [-0.1, -0.05) is 31.2 Å². The van der Waals surface area contributed by atoms with Crippen molar-refractivity contribution in [1.29, 1.82) is 0 Å². The summed E-state index contributed by atoms with van der Waals surface area (Å²) in [6.45, 7) is 2.69. The molecule has 1 spiro atoms. The van der Waals surface area contributed by atoms with Crippen molar-refractivity contribution >= 4 is 16.7 Å². The Labute approximate surface area is 128 Å². The van der Waals surface area contributed by atoms with Gasteiger partial charge in [-0.25, -0.2) is 0 Å². The molecule has 114 valence electrons. The van der Waals surface area contributed by atoms with Crippen LogP contribution in [0.5, 0.6) is 0 Å². The van der Waals surface area contributed by atoms with Gasteiger partial charge in [0.1, 0.15) is 11.7 Å². The lowest BCUT2D eigenvalue weighted by Crippen LogP contribution is -2.34. The quantitative estimate of drug-likeness (QED) is 0.899. The number of benzene rings is 1. The van der Waals surface area contributed by atoms with Crippen LogP contribution in [0, 0.1) is 0 Å². The number of hydrogen-bond donors (Lipinski definition) is 1. The molecular formula is C16H22N2O2S. The van der Waals surface area contributed by atoms with Crippen LogP contribution in [0.4, 0.5) is 0 Å². The third kappa shape index (κ3) is 2.77. The van der Waals surface area contributed by atoms with Crippen LogP contribution in [0.1, 0.15) is 37.1 Å². The van der Waals surface area contributed by atoms with E-state index in [2.05, 4.69) is 36.5 Å². The zero-order valence-corrected chi connectivity index (χ0v) is 13.4. The van der Waals surface area contributed by atoms with E-state index in [9.17, 15) is 9.00 Å². The van der Waals surface area contributed by atoms with E-state index in [1.807, 2.05) is 4.90 Å². The Hall–Kier alpha value is -1.20. The minimum atomic E-state index is -0.879. The Morgan fingerprint density at radius 2 is 2.00 bits per heavy atom. The summed E-state index contributed by atoms with van der Waals surface area (Å²) in [5.41, 5.74) is 2.08. The highest BCUT2D eigenvalue weighted by Crippen LogP contribution is 2.45. The van der Waals surface area contributed by atoms with Crippen molar-refractivity contribution in [3.8, 4) is 0 Å². The van der Waals surface area contributed by atoms with E-state index >= 15 is 0 Å². The van der Waals surface area contributed by atoms with Crippen LogP contribution in [0.15, 0.2) is 24.3 Å². The topological polar surface area (TPSA) is 49.4 Å². The molecule has 1 heterocycles. The first kappa shape index (κ1) is 14.7. The highest BCUT2D eigenvalue weighted by atomic mass is 32.2. The largest absolute Gasteiger partial charge is 0.320 e. The van der Waals surface area contributed by atoms with Crippen molar-refractivity contribution in [2.45, 2.75) is 37.9 Å². The number of carbonyl (C=O) groups excluding carboxylic acids is 1. The molecule has 1 aliphatic heterocycles. The fourth-order valence-electron chi connectivity index (χ4n) is 2.93. The fraction of sp³-hybridized carbons (Fsp3) is 0.562. The van der Waals surface area contributed by atoms with Crippen LogP contribution in [0.25, 0.3) is 0 Å². The first-order chi connectivity index (χ1) is 10.1. The highest BCUT2D eigenvalue weighted by Gasteiger charge is 2.59. The number of rotatable bonds is 5. The van der Waals surface area contributed by atoms with Gasteiger partial charge in [0.25, 0.3) is 0 Å². The smallest absolute Gasteiger partial charge is 0.244 e. The molecule has 5 heteroatoms. The van der Waals surface area contributed by atoms with Gasteiger partial charge in [0.15, 0.2) is 0 Å². The second-order valence-corrected chi connectivity index (χ2v) is 7.55. The lowest BCUT2D eigenvalue weighted by atomic mass is 10.1. The molecule has 0 radical (unpaired) electrons. The van der Waals surface area contributed by atoms with E-state index in [4.69, 9.17) is 0 Å². The fourth-order valence-corrected chi connectivity index (χ4v) is 3.39. The van der Waals surface area contributed by atoms with Gasteiger partial charge in [-0.15, -0.1) is 0 Å². The van der Waals surface area contributed by atoms with Crippen LogP contribution in [0.2, 0.25) is 0 Å². The van der Waals surface area contributed by atoms with Crippen molar-refractivity contribution in [2.75, 3.05) is 18.6 Å². The number of carbonyl (C=O) groups is 1. The summed E-state index contributed by atoms with van der Waals surface area (Å²) in [6, 6.07) is 8.44. The molecule has 2 aliphatic rings. The lowest BCUT2D eigenvalue weighted by molar-refractivity contribution is -0.130. The van der Waals surface area contributed by atoms with Crippen molar-refractivity contribution < 1.29 is 9.00 Å². The Balaban J connectivity index is 1.83. The Bertz CT molecular complexity index is 566. The molecule has 2 fully saturated rings. The summed E-state index contributed by atoms with van der Waals surface area (Å²) in [5.74, 6) is 0.713. The van der Waals surface area contributed by atoms with Crippen molar-refractivity contribution in [1.82, 2.24) is 10.2 Å². The van der Waals surface area contributed by atoms with Gasteiger partial charge in [0.2, 0.25) is 5.91 Å². The van der Waals surface area contributed by atoms with E-state index in [1.54, 1.807) is 6.26 Å². The molecule has 1 saturated heterocycles. The van der Waals surface area contributed by atoms with Crippen LogP contribution < -0.4 is 5.32 Å². The number of hydrogen-bond acceptors (Lipinski definition) is 3. The molecule has 2 unspecified atom stereocenters. The van der Waals surface area contributed by atoms with E-state index in [1.165, 1.54) is 5.56 Å². The predicted octanol–water partition coefficient (Wildman–Crippen LogP) is 1.59. The average Bonchev–Trinajstić information content (AvgIpc) is 3.21. The molecule has 1 aromatic rings. The van der Waals surface area contributed by atoms with Gasteiger partial charge < -0.3 is 4.90 Å². The summed E-state index contributed by atoms with van der Waals surface area (Å²) in [5, 5.41) is 3.50. The third-order valence-electron chi connectivity index (χ3n) is 4.47. The Kier molecular flexibility index (Phi) is 3.88. The summed E-state index contributed by atoms with van der Waals surface area (Å²) in [6.07, 6.45) is 4.46. The average molecular weight is 306 g/mol. The monoisotopic (exact) mass is 306 g/mol. The molecule has 1 amide bonds. The summed E-state index contributed by atoms with van der Waals surface area (Å²) >= 11 is 0. The summed E-state index contributed by atoms with van der Waals surface area (Å²) in [7, 11) is -0.879. The summed E-state index contributed by atoms with van der Waals surface area (Å²) < 4.78 is 11.4. The molecule has 0 aromatic heterocycles. The maximum atomic E-state index is 12.6. The molecule has 1 aromatic carbocycles. The SMILES string of the molecule is CCc1ccc(C2NC3(CC3)C(=O)N2CCS(C)=O)cc1. The second kappa shape index (κ2) is 5.54. The van der Waals surface area contributed by atoms with Crippen LogP contribution in [-0.2, 0) is 22.0 Å². The molecule has 1 saturated carbocycles. The summed E-state index contributed by atoms with van der Waals surface area (Å²) in [4.78, 5) is 14.4. The molecule has 4 nitrogen and oxygen atoms in total. The highest BCUT2D eigenvalue weighted by molar-refractivity contribution is 7.84. The maximum absolute atomic E-state index is 12.6. The van der Waals surface area contributed by atoms with E-state index < -0.39 is 10.8 Å². The number of nitrogens with one attached hydrogen (secondary N) is 1. The van der Waals surface area contributed by atoms with Gasteiger partial charge >= 0.3 is 0 Å². The number of aryl methyl sites for hydroxylation is 1. The molecular weight excluding hydrogens is 284 g/mol. The zero-order valence-electron chi connectivity index (χ0n) is 12.6. The van der Waals surface area contributed by atoms with E-state index in [0.29, 0.717) is 12.3 Å². The molecule has 0 bridgehead atoms. The van der Waals surface area contributed by atoms with Gasteiger partial charge in [-0.05, 0) is 30.4 Å². The minimum Gasteiger partial charge on any atom is -0.320 e. The Morgan fingerprint density at radius 3 is 2.52 bits per heavy atom. The molecule has 3 rings (SSSR count). The number of amides is 1. The molecule has 1 aliphatic carbocycles. The first-order valence-electron chi connectivity index (χ1n) is 7.53. The van der Waals surface area contributed by atoms with Crippen LogP contribution in [0.3, 0.4) is 0 Å². The standard InChI is InChI=1S/C16H22N2O2S/c1-3-12-4-6-13(7-5-12)14-17-16(8-9-16)15(19)18(14)10-11-21(2)20/h4-7,14,17H,3,8-11H2,1-2H3. The first-order valence-corrected chi connectivity index (χ1v) is 9.26. The van der Waals surface area contributed by atoms with Gasteiger partial charge in [-0.3, -0.25) is 14.3 Å². The predicted molar refractivity (Wildman–Crippen MR) is 84.3 cm³/mol. The van der Waals surface area contributed by atoms with Gasteiger partial charge in [0.05, 0.1) is 0 Å². The molecule has 2 atom stereocenters. The molecule has 1 N–H and O–H groups in total.